The first kappa shape index (κ1) is 25.1. The molecule has 1 fully saturated rings. The molecule has 0 aliphatic carbocycles. The van der Waals surface area contributed by atoms with Crippen molar-refractivity contribution in [3.63, 3.8) is 0 Å². The Labute approximate surface area is 212 Å². The van der Waals surface area contributed by atoms with Crippen molar-refractivity contribution in [3.8, 4) is 5.69 Å². The average molecular weight is 515 g/mol. The van der Waals surface area contributed by atoms with E-state index in [4.69, 9.17) is 21.3 Å². The predicted molar refractivity (Wildman–Crippen MR) is 137 cm³/mol. The van der Waals surface area contributed by atoms with Crippen LogP contribution < -0.4 is 5.56 Å². The fourth-order valence-electron chi connectivity index (χ4n) is 3.95. The van der Waals surface area contributed by atoms with Crippen molar-refractivity contribution in [2.24, 2.45) is 0 Å². The van der Waals surface area contributed by atoms with Crippen molar-refractivity contribution in [3.05, 3.63) is 63.9 Å². The van der Waals surface area contributed by atoms with Crippen LogP contribution in [-0.2, 0) is 9.53 Å². The van der Waals surface area contributed by atoms with Gasteiger partial charge in [-0.2, -0.15) is 0 Å². The summed E-state index contributed by atoms with van der Waals surface area (Å²) in [6.07, 6.45) is 0.700. The summed E-state index contributed by atoms with van der Waals surface area (Å²) < 4.78 is 6.60. The molecule has 0 atom stereocenters. The van der Waals surface area contributed by atoms with E-state index < -0.39 is 0 Å². The van der Waals surface area contributed by atoms with E-state index in [-0.39, 0.29) is 17.6 Å². The van der Waals surface area contributed by atoms with Crippen LogP contribution in [0.3, 0.4) is 0 Å². The summed E-state index contributed by atoms with van der Waals surface area (Å²) in [5.41, 5.74) is 1.13. The van der Waals surface area contributed by atoms with Gasteiger partial charge in [0.25, 0.3) is 5.56 Å². The van der Waals surface area contributed by atoms with Gasteiger partial charge in [-0.05, 0) is 43.7 Å². The Hall–Kier alpha value is -3.04. The smallest absolute Gasteiger partial charge is 0.409 e. The number of nitrogens with zero attached hydrogens (tertiary/aromatic N) is 4. The van der Waals surface area contributed by atoms with Gasteiger partial charge in [0, 0.05) is 43.4 Å². The largest absolute Gasteiger partial charge is 0.450 e. The summed E-state index contributed by atoms with van der Waals surface area (Å²) in [4.78, 5) is 45.9. The summed E-state index contributed by atoms with van der Waals surface area (Å²) >= 11 is 7.63. The maximum Gasteiger partial charge on any atom is 0.409 e. The van der Waals surface area contributed by atoms with Crippen LogP contribution in [0.4, 0.5) is 4.79 Å². The molecule has 0 radical (unpaired) electrons. The highest BCUT2D eigenvalue weighted by Crippen LogP contribution is 2.24. The SMILES string of the molecule is CCOC(=O)N1CCN(C(=O)CCCSc2nc3ccccc3c(=O)n2-c2cccc(Cl)c2)CC1. The number of rotatable bonds is 7. The van der Waals surface area contributed by atoms with Crippen LogP contribution in [0.1, 0.15) is 19.8 Å². The van der Waals surface area contributed by atoms with E-state index in [9.17, 15) is 14.4 Å². The van der Waals surface area contributed by atoms with Crippen LogP contribution in [0.25, 0.3) is 16.6 Å². The number of hydrogen-bond donors (Lipinski definition) is 0. The van der Waals surface area contributed by atoms with Gasteiger partial charge in [-0.1, -0.05) is 41.6 Å². The average Bonchev–Trinajstić information content (AvgIpc) is 2.87. The zero-order valence-electron chi connectivity index (χ0n) is 19.5. The third-order valence-corrected chi connectivity index (χ3v) is 7.00. The number of aromatic nitrogens is 2. The lowest BCUT2D eigenvalue weighted by molar-refractivity contribution is -0.132. The highest BCUT2D eigenvalue weighted by Gasteiger charge is 2.24. The number of para-hydroxylation sites is 1. The monoisotopic (exact) mass is 514 g/mol. The van der Waals surface area contributed by atoms with Crippen molar-refractivity contribution in [1.29, 1.82) is 0 Å². The van der Waals surface area contributed by atoms with E-state index in [1.807, 2.05) is 24.3 Å². The molecule has 8 nitrogen and oxygen atoms in total. The van der Waals surface area contributed by atoms with Crippen LogP contribution in [0.2, 0.25) is 5.02 Å². The number of thioether (sulfide) groups is 1. The maximum atomic E-state index is 13.3. The zero-order chi connectivity index (χ0) is 24.8. The Balaban J connectivity index is 1.40. The molecular weight excluding hydrogens is 488 g/mol. The van der Waals surface area contributed by atoms with Gasteiger partial charge in [0.2, 0.25) is 5.91 Å². The van der Waals surface area contributed by atoms with Crippen molar-refractivity contribution < 1.29 is 14.3 Å². The molecule has 184 valence electrons. The van der Waals surface area contributed by atoms with E-state index in [0.717, 1.165) is 0 Å². The molecule has 1 aromatic heterocycles. The van der Waals surface area contributed by atoms with Crippen LogP contribution in [0.15, 0.2) is 58.5 Å². The molecule has 35 heavy (non-hydrogen) atoms. The Kier molecular flexibility index (Phi) is 8.30. The van der Waals surface area contributed by atoms with Gasteiger partial charge in [0.15, 0.2) is 5.16 Å². The molecule has 0 saturated carbocycles. The normalized spacial score (nSPS) is 13.8. The molecule has 0 N–H and O–H groups in total. The summed E-state index contributed by atoms with van der Waals surface area (Å²) in [6.45, 7) is 4.08. The third-order valence-electron chi connectivity index (χ3n) is 5.74. The van der Waals surface area contributed by atoms with E-state index in [1.54, 1.807) is 45.6 Å². The topological polar surface area (TPSA) is 84.7 Å². The predicted octanol–water partition coefficient (Wildman–Crippen LogP) is 4.21. The van der Waals surface area contributed by atoms with Gasteiger partial charge in [-0.3, -0.25) is 14.2 Å². The van der Waals surface area contributed by atoms with Crippen molar-refractivity contribution in [2.75, 3.05) is 38.5 Å². The van der Waals surface area contributed by atoms with Crippen molar-refractivity contribution in [2.45, 2.75) is 24.9 Å². The summed E-state index contributed by atoms with van der Waals surface area (Å²) in [6, 6.07) is 14.4. The number of carbonyl (C=O) groups excluding carboxylic acids is 2. The van der Waals surface area contributed by atoms with Gasteiger partial charge in [0.05, 0.1) is 23.2 Å². The number of fused-ring (bicyclic) bond motifs is 1. The molecule has 1 saturated heterocycles. The minimum atomic E-state index is -0.329. The molecule has 2 amide bonds. The number of amides is 2. The van der Waals surface area contributed by atoms with Crippen LogP contribution in [-0.4, -0.2) is 69.9 Å². The van der Waals surface area contributed by atoms with E-state index >= 15 is 0 Å². The van der Waals surface area contributed by atoms with E-state index in [1.165, 1.54) is 11.8 Å². The zero-order valence-corrected chi connectivity index (χ0v) is 21.1. The summed E-state index contributed by atoms with van der Waals surface area (Å²) in [5, 5.41) is 1.63. The number of ether oxygens (including phenoxy) is 1. The first-order chi connectivity index (χ1) is 17.0. The second-order valence-corrected chi connectivity index (χ2v) is 9.55. The number of carbonyl (C=O) groups is 2. The van der Waals surface area contributed by atoms with Crippen LogP contribution >= 0.6 is 23.4 Å². The first-order valence-electron chi connectivity index (χ1n) is 11.6. The van der Waals surface area contributed by atoms with Crippen molar-refractivity contribution >= 4 is 46.3 Å². The number of piperazine rings is 1. The van der Waals surface area contributed by atoms with Crippen molar-refractivity contribution in [1.82, 2.24) is 19.4 Å². The second kappa shape index (κ2) is 11.6. The molecule has 2 heterocycles. The van der Waals surface area contributed by atoms with Gasteiger partial charge >= 0.3 is 6.09 Å². The molecule has 3 aromatic rings. The molecule has 10 heteroatoms. The van der Waals surface area contributed by atoms with Gasteiger partial charge in [0.1, 0.15) is 0 Å². The fourth-order valence-corrected chi connectivity index (χ4v) is 5.09. The van der Waals surface area contributed by atoms with Gasteiger partial charge in [-0.15, -0.1) is 0 Å². The van der Waals surface area contributed by atoms with E-state index in [2.05, 4.69) is 0 Å². The molecule has 1 aliphatic heterocycles. The maximum absolute atomic E-state index is 13.3. The van der Waals surface area contributed by atoms with Crippen LogP contribution in [0.5, 0.6) is 0 Å². The molecular formula is C25H27ClN4O4S. The molecule has 0 spiro atoms. The lowest BCUT2D eigenvalue weighted by Gasteiger charge is -2.34. The molecule has 4 rings (SSSR count). The number of benzene rings is 2. The summed E-state index contributed by atoms with van der Waals surface area (Å²) in [5.74, 6) is 0.688. The Morgan fingerprint density at radius 3 is 2.54 bits per heavy atom. The van der Waals surface area contributed by atoms with Crippen LogP contribution in [0, 0.1) is 0 Å². The number of hydrogen-bond acceptors (Lipinski definition) is 6. The highest BCUT2D eigenvalue weighted by molar-refractivity contribution is 7.99. The molecule has 0 bridgehead atoms. The van der Waals surface area contributed by atoms with Gasteiger partial charge < -0.3 is 14.5 Å². The Bertz CT molecular complexity index is 1270. The third kappa shape index (κ3) is 5.97. The first-order valence-corrected chi connectivity index (χ1v) is 12.9. The lowest BCUT2D eigenvalue weighted by atomic mass is 10.2. The molecule has 0 unspecified atom stereocenters. The minimum Gasteiger partial charge on any atom is -0.450 e. The number of halogens is 1. The lowest BCUT2D eigenvalue weighted by Crippen LogP contribution is -2.50. The minimum absolute atomic E-state index is 0.0628. The Morgan fingerprint density at radius 2 is 1.80 bits per heavy atom. The Morgan fingerprint density at radius 1 is 1.06 bits per heavy atom. The second-order valence-electron chi connectivity index (χ2n) is 8.05. The molecule has 2 aromatic carbocycles. The molecule has 1 aliphatic rings. The standard InChI is InChI=1S/C25H27ClN4O4S/c1-2-34-25(33)29-14-12-28(13-15-29)22(31)11-6-16-35-24-27-21-10-4-3-9-20(21)23(32)30(24)19-8-5-7-18(26)17-19/h3-5,7-10,17H,2,6,11-16H2,1H3. The van der Waals surface area contributed by atoms with E-state index in [0.29, 0.717) is 78.1 Å². The van der Waals surface area contributed by atoms with Gasteiger partial charge in [-0.25, -0.2) is 9.78 Å². The summed E-state index contributed by atoms with van der Waals surface area (Å²) in [7, 11) is 0. The fraction of sp³-hybridized carbons (Fsp3) is 0.360. The quantitative estimate of drug-likeness (QED) is 0.267. The highest BCUT2D eigenvalue weighted by atomic mass is 35.5.